The molecule has 0 fully saturated rings. The molecule has 0 aliphatic rings. The van der Waals surface area contributed by atoms with E-state index < -0.39 is 24.2 Å². The summed E-state index contributed by atoms with van der Waals surface area (Å²) in [5, 5.41) is 52.1. The molecule has 6 heteroatoms. The Balaban J connectivity index is 2.66. The summed E-state index contributed by atoms with van der Waals surface area (Å²) in [4.78, 5) is 11.8. The second-order valence-corrected chi connectivity index (χ2v) is 10.6. The molecule has 1 unspecified atom stereocenters. The van der Waals surface area contributed by atoms with E-state index in [2.05, 4.69) is 13.8 Å². The van der Waals surface area contributed by atoms with Crippen molar-refractivity contribution in [2.75, 3.05) is 0 Å². The van der Waals surface area contributed by atoms with Gasteiger partial charge in [0.1, 0.15) is 17.3 Å². The van der Waals surface area contributed by atoms with E-state index in [4.69, 9.17) is 0 Å². The summed E-state index contributed by atoms with van der Waals surface area (Å²) < 4.78 is 0. The van der Waals surface area contributed by atoms with E-state index in [1.165, 1.54) is 18.2 Å². The van der Waals surface area contributed by atoms with Crippen LogP contribution in [0, 0.1) is 29.6 Å². The quantitative estimate of drug-likeness (QED) is 0.218. The first-order chi connectivity index (χ1) is 15.9. The van der Waals surface area contributed by atoms with Crippen LogP contribution in [0.4, 0.5) is 0 Å². The minimum absolute atomic E-state index is 0.0331. The molecular weight excluding hydrogens is 432 g/mol. The fourth-order valence-corrected chi connectivity index (χ4v) is 5.20. The summed E-state index contributed by atoms with van der Waals surface area (Å²) in [7, 11) is 0. The highest BCUT2D eigenvalue weighted by Gasteiger charge is 2.33. The first-order valence-electron chi connectivity index (χ1n) is 13.0. The van der Waals surface area contributed by atoms with E-state index in [-0.39, 0.29) is 29.8 Å². The monoisotopic (exact) mass is 480 g/mol. The van der Waals surface area contributed by atoms with E-state index in [0.717, 1.165) is 25.7 Å². The van der Waals surface area contributed by atoms with Crippen LogP contribution in [0.15, 0.2) is 18.2 Å². The maximum absolute atomic E-state index is 11.8. The molecule has 0 saturated carbocycles. The number of aromatic hydroxyl groups is 2. The molecule has 1 aromatic carbocycles. The van der Waals surface area contributed by atoms with Crippen molar-refractivity contribution in [2.24, 2.45) is 29.6 Å². The SMILES string of the molecule is CCC(=O)[C@@H](C)C[C@@H](C)C[C@@H](C)CC[C@H](O)C[C@H](O)[C@@H](C(C)CC)[C@H](O)c1cc(O)cc(O)c1. The largest absolute Gasteiger partial charge is 0.508 e. The summed E-state index contributed by atoms with van der Waals surface area (Å²) in [5.41, 5.74) is 0.342. The Morgan fingerprint density at radius 3 is 1.94 bits per heavy atom. The number of phenolic OH excluding ortho intramolecular Hbond substituents is 2. The third-order valence-electron chi connectivity index (χ3n) is 7.34. The molecule has 0 radical (unpaired) electrons. The molecule has 0 heterocycles. The number of carbonyl (C=O) groups is 1. The van der Waals surface area contributed by atoms with E-state index in [1.54, 1.807) is 0 Å². The topological polar surface area (TPSA) is 118 Å². The van der Waals surface area contributed by atoms with Crippen molar-refractivity contribution in [3.8, 4) is 11.5 Å². The lowest BCUT2D eigenvalue weighted by Crippen LogP contribution is -2.34. The summed E-state index contributed by atoms with van der Waals surface area (Å²) in [6, 6.07) is 3.97. The molecule has 1 aromatic rings. The molecule has 5 N–H and O–H groups in total. The third-order valence-corrected chi connectivity index (χ3v) is 7.34. The van der Waals surface area contributed by atoms with Gasteiger partial charge in [-0.05, 0) is 67.6 Å². The Kier molecular flexibility index (Phi) is 13.1. The minimum Gasteiger partial charge on any atom is -0.508 e. The van der Waals surface area contributed by atoms with Gasteiger partial charge < -0.3 is 25.5 Å². The number of hydrogen-bond acceptors (Lipinski definition) is 6. The van der Waals surface area contributed by atoms with Crippen molar-refractivity contribution in [1.82, 2.24) is 0 Å². The number of rotatable bonds is 16. The lowest BCUT2D eigenvalue weighted by atomic mass is 9.78. The molecule has 0 aliphatic carbocycles. The Hall–Kier alpha value is -1.63. The van der Waals surface area contributed by atoms with Crippen molar-refractivity contribution < 1.29 is 30.3 Å². The predicted molar refractivity (Wildman–Crippen MR) is 136 cm³/mol. The summed E-state index contributed by atoms with van der Waals surface area (Å²) in [6.45, 7) is 12.2. The molecule has 1 rings (SSSR count). The van der Waals surface area contributed by atoms with E-state index in [9.17, 15) is 30.3 Å². The van der Waals surface area contributed by atoms with Crippen molar-refractivity contribution in [2.45, 2.75) is 105 Å². The zero-order chi connectivity index (χ0) is 26.0. The van der Waals surface area contributed by atoms with E-state index in [0.29, 0.717) is 36.0 Å². The van der Waals surface area contributed by atoms with Gasteiger partial charge >= 0.3 is 0 Å². The van der Waals surface area contributed by atoms with Gasteiger partial charge in [-0.3, -0.25) is 4.79 Å². The smallest absolute Gasteiger partial charge is 0.135 e. The van der Waals surface area contributed by atoms with Crippen molar-refractivity contribution >= 4 is 5.78 Å². The number of aliphatic hydroxyl groups is 3. The van der Waals surface area contributed by atoms with Crippen molar-refractivity contribution in [3.63, 3.8) is 0 Å². The number of ketones is 1. The standard InChI is InChI=1S/C28H48O6/c1-7-19(5)27(28(34)21-13-23(30)15-24(31)14-21)26(33)16-22(29)10-9-17(3)11-18(4)12-20(6)25(32)8-2/h13-15,17-20,22,26-31,33-34H,7-12,16H2,1-6H3/t17-,18-,19?,20-,22-,26-,27+,28+/m0/s1. The highest BCUT2D eigenvalue weighted by Crippen LogP contribution is 2.37. The van der Waals surface area contributed by atoms with E-state index >= 15 is 0 Å². The van der Waals surface area contributed by atoms with Gasteiger partial charge in [0.25, 0.3) is 0 Å². The highest BCUT2D eigenvalue weighted by molar-refractivity contribution is 5.80. The number of hydrogen-bond donors (Lipinski definition) is 5. The molecule has 0 amide bonds. The molecule has 0 spiro atoms. The highest BCUT2D eigenvalue weighted by atomic mass is 16.3. The van der Waals surface area contributed by atoms with Gasteiger partial charge in [0, 0.05) is 24.3 Å². The lowest BCUT2D eigenvalue weighted by Gasteiger charge is -2.33. The Morgan fingerprint density at radius 1 is 0.824 bits per heavy atom. The van der Waals surface area contributed by atoms with Crippen LogP contribution in [0.25, 0.3) is 0 Å². The van der Waals surface area contributed by atoms with Gasteiger partial charge in [-0.2, -0.15) is 0 Å². The molecule has 0 aromatic heterocycles. The number of Topliss-reactive ketones (excluding diaryl/α,β-unsaturated/α-hetero) is 1. The normalized spacial score (nSPS) is 19.0. The Bertz CT molecular complexity index is 715. The Morgan fingerprint density at radius 2 is 1.41 bits per heavy atom. The number of carbonyl (C=O) groups excluding carboxylic acids is 1. The molecule has 196 valence electrons. The minimum atomic E-state index is -1.08. The van der Waals surface area contributed by atoms with E-state index in [1.807, 2.05) is 27.7 Å². The second-order valence-electron chi connectivity index (χ2n) is 10.6. The van der Waals surface area contributed by atoms with Crippen LogP contribution >= 0.6 is 0 Å². The molecule has 34 heavy (non-hydrogen) atoms. The van der Waals surface area contributed by atoms with Crippen LogP contribution < -0.4 is 0 Å². The first kappa shape index (κ1) is 30.4. The van der Waals surface area contributed by atoms with Gasteiger partial charge in [0.2, 0.25) is 0 Å². The van der Waals surface area contributed by atoms with Gasteiger partial charge in [-0.15, -0.1) is 0 Å². The first-order valence-corrected chi connectivity index (χ1v) is 13.0. The van der Waals surface area contributed by atoms with Gasteiger partial charge in [0.15, 0.2) is 0 Å². The molecule has 6 nitrogen and oxygen atoms in total. The van der Waals surface area contributed by atoms with Gasteiger partial charge in [-0.1, -0.05) is 48.0 Å². The summed E-state index contributed by atoms with van der Waals surface area (Å²) >= 11 is 0. The van der Waals surface area contributed by atoms with Crippen LogP contribution in [0.1, 0.15) is 98.2 Å². The predicted octanol–water partition coefficient (Wildman–Crippen LogP) is 5.35. The van der Waals surface area contributed by atoms with Gasteiger partial charge in [0.05, 0.1) is 18.3 Å². The molecule has 0 saturated heterocycles. The summed E-state index contributed by atoms with van der Waals surface area (Å²) in [5.74, 6) is 0.355. The van der Waals surface area contributed by atoms with Crippen molar-refractivity contribution in [3.05, 3.63) is 23.8 Å². The number of aliphatic hydroxyl groups excluding tert-OH is 3. The fourth-order valence-electron chi connectivity index (χ4n) is 5.20. The second kappa shape index (κ2) is 14.7. The molecular formula is C28H48O6. The maximum atomic E-state index is 11.8. The van der Waals surface area contributed by atoms with Crippen LogP contribution in [0.5, 0.6) is 11.5 Å². The average molecular weight is 481 g/mol. The molecule has 0 aliphatic heterocycles. The molecule has 0 bridgehead atoms. The van der Waals surface area contributed by atoms with Crippen LogP contribution in [-0.4, -0.2) is 43.5 Å². The maximum Gasteiger partial charge on any atom is 0.135 e. The van der Waals surface area contributed by atoms with Crippen molar-refractivity contribution in [1.29, 1.82) is 0 Å². The van der Waals surface area contributed by atoms with Crippen LogP contribution in [0.3, 0.4) is 0 Å². The van der Waals surface area contributed by atoms with Gasteiger partial charge in [-0.25, -0.2) is 0 Å². The Labute approximate surface area is 206 Å². The fraction of sp³-hybridized carbons (Fsp3) is 0.750. The number of phenols is 2. The zero-order valence-electron chi connectivity index (χ0n) is 21.9. The summed E-state index contributed by atoms with van der Waals surface area (Å²) in [6.07, 6.45) is 2.03. The number of benzene rings is 1. The van der Waals surface area contributed by atoms with Crippen LogP contribution in [-0.2, 0) is 4.79 Å². The lowest BCUT2D eigenvalue weighted by molar-refractivity contribution is -0.122. The van der Waals surface area contributed by atoms with Crippen LogP contribution in [0.2, 0.25) is 0 Å². The zero-order valence-corrected chi connectivity index (χ0v) is 21.9. The average Bonchev–Trinajstić information content (AvgIpc) is 2.76. The molecule has 8 atom stereocenters. The third kappa shape index (κ3) is 9.93.